The first-order chi connectivity index (χ1) is 11.6. The number of nitrogens with one attached hydrogen (secondary N) is 2. The Labute approximate surface area is 168 Å². The summed E-state index contributed by atoms with van der Waals surface area (Å²) in [6, 6.07) is 9.26. The quantitative estimate of drug-likeness (QED) is 0.218. The molecule has 1 aromatic rings. The molecule has 8 heteroatoms. The molecule has 0 atom stereocenters. The van der Waals surface area contributed by atoms with Crippen molar-refractivity contribution in [3.05, 3.63) is 35.9 Å². The van der Waals surface area contributed by atoms with Gasteiger partial charge in [0.05, 0.1) is 11.5 Å². The first-order valence-electron chi connectivity index (χ1n) is 8.33. The van der Waals surface area contributed by atoms with Gasteiger partial charge < -0.3 is 15.4 Å². The van der Waals surface area contributed by atoms with Crippen LogP contribution in [0.1, 0.15) is 25.3 Å². The van der Waals surface area contributed by atoms with Gasteiger partial charge in [0.25, 0.3) is 0 Å². The summed E-state index contributed by atoms with van der Waals surface area (Å²) in [4.78, 5) is 4.41. The van der Waals surface area contributed by atoms with Gasteiger partial charge in [-0.15, -0.1) is 24.0 Å². The molecule has 0 saturated heterocycles. The van der Waals surface area contributed by atoms with Gasteiger partial charge in [0.15, 0.2) is 15.8 Å². The number of aliphatic imine (C=N–C) groups is 1. The summed E-state index contributed by atoms with van der Waals surface area (Å²) in [6.45, 7) is 4.71. The number of hydrogen-bond donors (Lipinski definition) is 2. The molecular formula is C17H30IN3O3S. The van der Waals surface area contributed by atoms with E-state index < -0.39 is 9.84 Å². The zero-order chi connectivity index (χ0) is 17.7. The lowest BCUT2D eigenvalue weighted by Gasteiger charge is -2.11. The van der Waals surface area contributed by atoms with Crippen molar-refractivity contribution in [1.82, 2.24) is 10.6 Å². The molecule has 0 aliphatic rings. The Kier molecular flexibility index (Phi) is 13.8. The van der Waals surface area contributed by atoms with Crippen molar-refractivity contribution < 1.29 is 13.2 Å². The van der Waals surface area contributed by atoms with E-state index in [0.717, 1.165) is 25.1 Å². The Bertz CT molecular complexity index is 580. The minimum absolute atomic E-state index is 0. The molecule has 0 fully saturated rings. The van der Waals surface area contributed by atoms with Crippen molar-refractivity contribution in [3.8, 4) is 0 Å². The van der Waals surface area contributed by atoms with E-state index >= 15 is 0 Å². The molecule has 1 rings (SSSR count). The van der Waals surface area contributed by atoms with Crippen molar-refractivity contribution in [2.75, 3.05) is 39.1 Å². The average Bonchev–Trinajstić information content (AvgIpc) is 2.56. The van der Waals surface area contributed by atoms with Crippen LogP contribution in [0.15, 0.2) is 35.3 Å². The summed E-state index contributed by atoms with van der Waals surface area (Å²) < 4.78 is 29.2. The Morgan fingerprint density at radius 1 is 1.16 bits per heavy atom. The maximum absolute atomic E-state index is 12.1. The van der Waals surface area contributed by atoms with Crippen LogP contribution < -0.4 is 10.6 Å². The molecule has 6 nitrogen and oxygen atoms in total. The number of sulfone groups is 1. The highest BCUT2D eigenvalue weighted by Gasteiger charge is 2.11. The van der Waals surface area contributed by atoms with Crippen LogP contribution in [0.3, 0.4) is 0 Å². The Morgan fingerprint density at radius 2 is 1.88 bits per heavy atom. The lowest BCUT2D eigenvalue weighted by Crippen LogP contribution is -2.38. The maximum Gasteiger partial charge on any atom is 0.191 e. The number of halogens is 1. The zero-order valence-corrected chi connectivity index (χ0v) is 18.2. The molecule has 0 spiro atoms. The van der Waals surface area contributed by atoms with Crippen molar-refractivity contribution in [2.24, 2.45) is 4.99 Å². The minimum atomic E-state index is -3.10. The van der Waals surface area contributed by atoms with Gasteiger partial charge in [-0.2, -0.15) is 0 Å². The summed E-state index contributed by atoms with van der Waals surface area (Å²) in [5, 5.41) is 6.35. The normalized spacial score (nSPS) is 11.7. The van der Waals surface area contributed by atoms with E-state index in [1.165, 1.54) is 0 Å². The van der Waals surface area contributed by atoms with Crippen LogP contribution in [0.4, 0.5) is 0 Å². The van der Waals surface area contributed by atoms with Crippen LogP contribution in [0.2, 0.25) is 0 Å². The number of ether oxygens (including phenoxy) is 1. The molecule has 0 bridgehead atoms. The Balaban J connectivity index is 0.00000576. The molecular weight excluding hydrogens is 453 g/mol. The van der Waals surface area contributed by atoms with E-state index in [1.54, 1.807) is 7.11 Å². The van der Waals surface area contributed by atoms with Gasteiger partial charge in [0.2, 0.25) is 0 Å². The van der Waals surface area contributed by atoms with Gasteiger partial charge in [-0.3, -0.25) is 4.99 Å². The molecule has 1 aromatic carbocycles. The molecule has 0 amide bonds. The van der Waals surface area contributed by atoms with Crippen LogP contribution >= 0.6 is 24.0 Å². The summed E-state index contributed by atoms with van der Waals surface area (Å²) in [6.07, 6.45) is 1.41. The summed E-state index contributed by atoms with van der Waals surface area (Å²) >= 11 is 0. The fraction of sp³-hybridized carbons (Fsp3) is 0.588. The molecule has 0 heterocycles. The van der Waals surface area contributed by atoms with Crippen LogP contribution in [0.5, 0.6) is 0 Å². The second-order valence-corrected chi connectivity index (χ2v) is 7.65. The predicted molar refractivity (Wildman–Crippen MR) is 114 cm³/mol. The monoisotopic (exact) mass is 483 g/mol. The molecule has 25 heavy (non-hydrogen) atoms. The first-order valence-corrected chi connectivity index (χ1v) is 10.1. The fourth-order valence-electron chi connectivity index (χ4n) is 2.14. The fourth-order valence-corrected chi connectivity index (χ4v) is 3.55. The van der Waals surface area contributed by atoms with Gasteiger partial charge >= 0.3 is 0 Å². The summed E-state index contributed by atoms with van der Waals surface area (Å²) in [7, 11) is -1.42. The molecule has 2 N–H and O–H groups in total. The second-order valence-electron chi connectivity index (χ2n) is 5.46. The average molecular weight is 483 g/mol. The maximum atomic E-state index is 12.1. The minimum Gasteiger partial charge on any atom is -0.385 e. The smallest absolute Gasteiger partial charge is 0.191 e. The van der Waals surface area contributed by atoms with E-state index in [4.69, 9.17) is 4.74 Å². The predicted octanol–water partition coefficient (Wildman–Crippen LogP) is 2.20. The highest BCUT2D eigenvalue weighted by atomic mass is 127. The van der Waals surface area contributed by atoms with Gasteiger partial charge in [0, 0.05) is 33.4 Å². The lowest BCUT2D eigenvalue weighted by molar-refractivity contribution is 0.195. The summed E-state index contributed by atoms with van der Waals surface area (Å²) in [5.74, 6) is 0.954. The third-order valence-corrected chi connectivity index (χ3v) is 4.96. The number of hydrogen-bond acceptors (Lipinski definition) is 4. The largest absolute Gasteiger partial charge is 0.385 e. The molecule has 0 radical (unpaired) electrons. The van der Waals surface area contributed by atoms with E-state index in [1.807, 2.05) is 37.3 Å². The van der Waals surface area contributed by atoms with E-state index in [-0.39, 0.29) is 35.5 Å². The lowest BCUT2D eigenvalue weighted by atomic mass is 10.2. The van der Waals surface area contributed by atoms with Crippen LogP contribution in [0.25, 0.3) is 0 Å². The number of benzene rings is 1. The molecule has 0 saturated carbocycles. The second kappa shape index (κ2) is 14.3. The van der Waals surface area contributed by atoms with Crippen LogP contribution in [0, 0.1) is 0 Å². The van der Waals surface area contributed by atoms with Crippen LogP contribution in [-0.4, -0.2) is 53.5 Å². The Morgan fingerprint density at radius 3 is 2.52 bits per heavy atom. The van der Waals surface area contributed by atoms with Gasteiger partial charge in [0.1, 0.15) is 0 Å². The van der Waals surface area contributed by atoms with Crippen molar-refractivity contribution >= 4 is 39.8 Å². The number of methoxy groups -OCH3 is 1. The number of nitrogens with zero attached hydrogens (tertiary/aromatic N) is 1. The third kappa shape index (κ3) is 12.2. The van der Waals surface area contributed by atoms with Crippen LogP contribution in [-0.2, 0) is 20.3 Å². The van der Waals surface area contributed by atoms with E-state index in [9.17, 15) is 8.42 Å². The third-order valence-electron chi connectivity index (χ3n) is 3.27. The number of rotatable bonds is 11. The van der Waals surface area contributed by atoms with Gasteiger partial charge in [-0.05, 0) is 25.3 Å². The molecule has 0 aliphatic carbocycles. The molecule has 144 valence electrons. The zero-order valence-electron chi connectivity index (χ0n) is 15.0. The highest BCUT2D eigenvalue weighted by Crippen LogP contribution is 2.07. The Hall–Kier alpha value is -0.870. The van der Waals surface area contributed by atoms with E-state index in [2.05, 4.69) is 15.6 Å². The summed E-state index contributed by atoms with van der Waals surface area (Å²) in [5.41, 5.74) is 0.828. The van der Waals surface area contributed by atoms with Gasteiger partial charge in [-0.25, -0.2) is 8.42 Å². The van der Waals surface area contributed by atoms with Crippen molar-refractivity contribution in [1.29, 1.82) is 0 Å². The topological polar surface area (TPSA) is 79.8 Å². The SMILES string of the molecule is CCNC(=NCCCS(=O)(=O)Cc1ccccc1)NCCCOC.I. The van der Waals surface area contributed by atoms with Crippen molar-refractivity contribution in [2.45, 2.75) is 25.5 Å². The molecule has 0 aromatic heterocycles. The highest BCUT2D eigenvalue weighted by molar-refractivity contribution is 14.0. The van der Waals surface area contributed by atoms with E-state index in [0.29, 0.717) is 25.5 Å². The van der Waals surface area contributed by atoms with Crippen molar-refractivity contribution in [3.63, 3.8) is 0 Å². The standard InChI is InChI=1S/C17H29N3O3S.HI/c1-3-18-17(19-11-7-13-23-2)20-12-8-14-24(21,22)15-16-9-5-4-6-10-16;/h4-6,9-10H,3,7-8,11-15H2,1-2H3,(H2,18,19,20);1H. The molecule has 0 aliphatic heterocycles. The first kappa shape index (κ1) is 24.1. The number of guanidine groups is 1. The molecule has 0 unspecified atom stereocenters. The van der Waals surface area contributed by atoms with Gasteiger partial charge in [-0.1, -0.05) is 30.3 Å².